The van der Waals surface area contributed by atoms with Crippen molar-refractivity contribution >= 4 is 32.8 Å². The quantitative estimate of drug-likeness (QED) is 0.464. The van der Waals surface area contributed by atoms with Crippen LogP contribution in [-0.4, -0.2) is 56.7 Å². The minimum absolute atomic E-state index is 0.102. The van der Waals surface area contributed by atoms with Crippen LogP contribution >= 0.6 is 11.6 Å². The number of nitrogens with zero attached hydrogens (tertiary/aromatic N) is 3. The first-order chi connectivity index (χ1) is 14.5. The van der Waals surface area contributed by atoms with E-state index < -0.39 is 32.2 Å². The van der Waals surface area contributed by atoms with Gasteiger partial charge in [0.15, 0.2) is 9.84 Å². The van der Waals surface area contributed by atoms with E-state index in [1.54, 1.807) is 4.90 Å². The molecular weight excluding hydrogens is 459 g/mol. The normalized spacial score (nSPS) is 15.8. The van der Waals surface area contributed by atoms with Gasteiger partial charge in [-0.05, 0) is 36.4 Å². The monoisotopic (exact) mass is 477 g/mol. The van der Waals surface area contributed by atoms with Gasteiger partial charge in [0.1, 0.15) is 5.69 Å². The third kappa shape index (κ3) is 5.66. The minimum atomic E-state index is -4.67. The van der Waals surface area contributed by atoms with Crippen molar-refractivity contribution in [2.24, 2.45) is 0 Å². The Hall–Kier alpha value is -2.37. The number of rotatable bonds is 6. The Bertz CT molecular complexity index is 1050. The Labute approximate surface area is 182 Å². The van der Waals surface area contributed by atoms with E-state index in [1.807, 2.05) is 4.90 Å². The second-order valence-corrected chi connectivity index (χ2v) is 9.61. The van der Waals surface area contributed by atoms with Crippen LogP contribution in [-0.2, 0) is 16.0 Å². The van der Waals surface area contributed by atoms with Gasteiger partial charge in [-0.25, -0.2) is 8.42 Å². The van der Waals surface area contributed by atoms with Gasteiger partial charge in [0, 0.05) is 43.8 Å². The minimum Gasteiger partial charge on any atom is -0.363 e. The summed E-state index contributed by atoms with van der Waals surface area (Å²) in [5, 5.41) is 11.7. The molecule has 0 saturated carbocycles. The molecule has 2 aromatic carbocycles. The van der Waals surface area contributed by atoms with Crippen molar-refractivity contribution in [2.75, 3.05) is 43.4 Å². The number of sulfone groups is 1. The van der Waals surface area contributed by atoms with Gasteiger partial charge in [-0.3, -0.25) is 15.0 Å². The molecule has 0 amide bonds. The summed E-state index contributed by atoms with van der Waals surface area (Å²) in [6, 6.07) is 8.38. The molecule has 0 spiro atoms. The smallest absolute Gasteiger partial charge is 0.363 e. The fraction of sp³-hybridized carbons (Fsp3) is 0.368. The summed E-state index contributed by atoms with van der Waals surface area (Å²) < 4.78 is 63.6. The second kappa shape index (κ2) is 9.01. The van der Waals surface area contributed by atoms with Crippen molar-refractivity contribution in [1.82, 2.24) is 4.90 Å². The summed E-state index contributed by atoms with van der Waals surface area (Å²) in [4.78, 5) is 14.2. The van der Waals surface area contributed by atoms with Gasteiger partial charge in [-0.1, -0.05) is 11.6 Å². The van der Waals surface area contributed by atoms with Gasteiger partial charge >= 0.3 is 6.18 Å². The van der Waals surface area contributed by atoms with E-state index in [0.29, 0.717) is 37.3 Å². The van der Waals surface area contributed by atoms with Crippen LogP contribution in [0.1, 0.15) is 5.56 Å². The van der Waals surface area contributed by atoms with Gasteiger partial charge in [0.05, 0.1) is 21.1 Å². The molecule has 0 bridgehead atoms. The van der Waals surface area contributed by atoms with Crippen LogP contribution in [0, 0.1) is 10.1 Å². The van der Waals surface area contributed by atoms with Crippen molar-refractivity contribution in [1.29, 1.82) is 0 Å². The first kappa shape index (κ1) is 23.3. The first-order valence-corrected chi connectivity index (χ1v) is 11.3. The molecule has 12 heteroatoms. The summed E-state index contributed by atoms with van der Waals surface area (Å²) in [5.74, 6) is -0.102. The number of nitro groups is 1. The highest BCUT2D eigenvalue weighted by Crippen LogP contribution is 2.36. The number of hydrogen-bond donors (Lipinski definition) is 0. The van der Waals surface area contributed by atoms with E-state index in [9.17, 15) is 31.7 Å². The van der Waals surface area contributed by atoms with E-state index in [4.69, 9.17) is 11.6 Å². The van der Waals surface area contributed by atoms with Gasteiger partial charge in [0.2, 0.25) is 0 Å². The van der Waals surface area contributed by atoms with Crippen LogP contribution in [0.5, 0.6) is 0 Å². The van der Waals surface area contributed by atoms with Crippen molar-refractivity contribution in [3.8, 4) is 0 Å². The molecule has 7 nitrogen and oxygen atoms in total. The fourth-order valence-electron chi connectivity index (χ4n) is 3.33. The molecule has 0 aromatic heterocycles. The van der Waals surface area contributed by atoms with Crippen molar-refractivity contribution < 1.29 is 26.5 Å². The lowest BCUT2D eigenvalue weighted by atomic mass is 10.1. The summed E-state index contributed by atoms with van der Waals surface area (Å²) in [5.41, 5.74) is -1.56. The van der Waals surface area contributed by atoms with E-state index in [2.05, 4.69) is 0 Å². The maximum absolute atomic E-state index is 12.9. The highest BCUT2D eigenvalue weighted by atomic mass is 35.5. The number of nitro benzene ring substituents is 1. The second-order valence-electron chi connectivity index (χ2n) is 7.06. The fourth-order valence-corrected chi connectivity index (χ4v) is 4.75. The summed E-state index contributed by atoms with van der Waals surface area (Å²) in [6.07, 6.45) is -4.67. The first-order valence-electron chi connectivity index (χ1n) is 9.28. The van der Waals surface area contributed by atoms with Crippen LogP contribution in [0.3, 0.4) is 0 Å². The molecule has 1 aliphatic rings. The highest BCUT2D eigenvalue weighted by Gasteiger charge is 2.34. The topological polar surface area (TPSA) is 83.8 Å². The molecule has 0 N–H and O–H groups in total. The van der Waals surface area contributed by atoms with E-state index in [-0.39, 0.29) is 22.9 Å². The highest BCUT2D eigenvalue weighted by molar-refractivity contribution is 7.91. The molecule has 3 rings (SSSR count). The maximum atomic E-state index is 12.9. The molecule has 0 aliphatic carbocycles. The Morgan fingerprint density at radius 3 is 2.19 bits per heavy atom. The maximum Gasteiger partial charge on any atom is 0.416 e. The number of hydrogen-bond acceptors (Lipinski definition) is 6. The predicted octanol–water partition coefficient (Wildman–Crippen LogP) is 3.86. The average Bonchev–Trinajstić information content (AvgIpc) is 2.72. The largest absolute Gasteiger partial charge is 0.416 e. The number of benzene rings is 2. The molecule has 31 heavy (non-hydrogen) atoms. The zero-order chi connectivity index (χ0) is 22.8. The molecule has 1 aliphatic heterocycles. The van der Waals surface area contributed by atoms with Gasteiger partial charge in [-0.2, -0.15) is 13.2 Å². The summed E-state index contributed by atoms with van der Waals surface area (Å²) in [6.45, 7) is 1.77. The predicted molar refractivity (Wildman–Crippen MR) is 110 cm³/mol. The van der Waals surface area contributed by atoms with E-state index in [0.717, 1.165) is 12.1 Å². The Balaban J connectivity index is 1.63. The molecule has 0 unspecified atom stereocenters. The third-order valence-electron chi connectivity index (χ3n) is 5.06. The number of halogens is 4. The van der Waals surface area contributed by atoms with Gasteiger partial charge < -0.3 is 4.90 Å². The van der Waals surface area contributed by atoms with Crippen LogP contribution in [0.2, 0.25) is 5.02 Å². The van der Waals surface area contributed by atoms with Crippen LogP contribution < -0.4 is 4.90 Å². The lowest BCUT2D eigenvalue weighted by molar-refractivity contribution is -0.384. The zero-order valence-electron chi connectivity index (χ0n) is 16.2. The van der Waals surface area contributed by atoms with Crippen LogP contribution in [0.15, 0.2) is 47.4 Å². The van der Waals surface area contributed by atoms with Crippen molar-refractivity contribution in [3.05, 3.63) is 63.2 Å². The van der Waals surface area contributed by atoms with E-state index >= 15 is 0 Å². The number of alkyl halides is 3. The lowest BCUT2D eigenvalue weighted by Crippen LogP contribution is -2.47. The van der Waals surface area contributed by atoms with Crippen LogP contribution in [0.25, 0.3) is 0 Å². The molecule has 0 radical (unpaired) electrons. The standard InChI is InChI=1S/C19H19ClF3N3O4S/c20-15-2-4-16(5-3-15)31(29,30)12-11-24-7-9-25(10-8-24)17-6-1-14(19(21,22)23)13-18(17)26(27)28/h1-6,13H,7-12H2. The SMILES string of the molecule is O=[N+]([O-])c1cc(C(F)(F)F)ccc1N1CCN(CCS(=O)(=O)c2ccc(Cl)cc2)CC1. The number of piperazine rings is 1. The Morgan fingerprint density at radius 2 is 1.65 bits per heavy atom. The van der Waals surface area contributed by atoms with Gasteiger partial charge in [0.25, 0.3) is 5.69 Å². The Kier molecular flexibility index (Phi) is 6.77. The lowest BCUT2D eigenvalue weighted by Gasteiger charge is -2.35. The average molecular weight is 478 g/mol. The molecule has 0 atom stereocenters. The van der Waals surface area contributed by atoms with Crippen LogP contribution in [0.4, 0.5) is 24.5 Å². The summed E-state index contributed by atoms with van der Waals surface area (Å²) >= 11 is 5.78. The third-order valence-corrected chi connectivity index (χ3v) is 7.02. The summed E-state index contributed by atoms with van der Waals surface area (Å²) in [7, 11) is -3.49. The van der Waals surface area contributed by atoms with Gasteiger partial charge in [-0.15, -0.1) is 0 Å². The Morgan fingerprint density at radius 1 is 1.03 bits per heavy atom. The molecule has 1 fully saturated rings. The molecule has 168 valence electrons. The zero-order valence-corrected chi connectivity index (χ0v) is 17.8. The molecule has 1 heterocycles. The van der Waals surface area contributed by atoms with Crippen molar-refractivity contribution in [3.63, 3.8) is 0 Å². The molecular formula is C19H19ClF3N3O4S. The molecule has 1 saturated heterocycles. The van der Waals surface area contributed by atoms with E-state index in [1.165, 1.54) is 24.3 Å². The number of anilines is 1. The molecule has 2 aromatic rings. The van der Waals surface area contributed by atoms with Crippen molar-refractivity contribution in [2.45, 2.75) is 11.1 Å².